The minimum atomic E-state index is -3.64. The van der Waals surface area contributed by atoms with E-state index in [0.717, 1.165) is 4.31 Å². The van der Waals surface area contributed by atoms with Gasteiger partial charge in [0.05, 0.1) is 0 Å². The van der Waals surface area contributed by atoms with Gasteiger partial charge in [-0.2, -0.15) is 4.31 Å². The molecule has 1 aliphatic heterocycles. The van der Waals surface area contributed by atoms with Crippen molar-refractivity contribution < 1.29 is 18.3 Å². The number of hydrogen-bond acceptors (Lipinski definition) is 4. The quantitative estimate of drug-likeness (QED) is 0.583. The van der Waals surface area contributed by atoms with Crippen LogP contribution >= 0.6 is 0 Å². The number of nitrogens with zero attached hydrogens (tertiary/aromatic N) is 1. The molecule has 1 fully saturated rings. The fourth-order valence-electron chi connectivity index (χ4n) is 1.25. The molecule has 1 rings (SSSR count). The van der Waals surface area contributed by atoms with Crippen molar-refractivity contribution >= 4 is 16.0 Å². The van der Waals surface area contributed by atoms with E-state index in [4.69, 9.17) is 10.8 Å². The molecule has 0 spiro atoms. The zero-order valence-electron chi connectivity index (χ0n) is 7.01. The van der Waals surface area contributed by atoms with Gasteiger partial charge in [0.1, 0.15) is 0 Å². The fraction of sp³-hybridized carbons (Fsp3) is 0.833. The van der Waals surface area contributed by atoms with Gasteiger partial charge in [-0.1, -0.05) is 0 Å². The van der Waals surface area contributed by atoms with Crippen molar-refractivity contribution in [2.45, 2.75) is 12.5 Å². The number of nitrogens with two attached hydrogens (primary N) is 1. The summed E-state index contributed by atoms with van der Waals surface area (Å²) < 4.78 is 23.7. The van der Waals surface area contributed by atoms with Crippen LogP contribution in [-0.4, -0.2) is 48.7 Å². The van der Waals surface area contributed by atoms with Crippen LogP contribution in [-0.2, 0) is 14.8 Å². The summed E-state index contributed by atoms with van der Waals surface area (Å²) in [6.07, 6.45) is 0.596. The summed E-state index contributed by atoms with van der Waals surface area (Å²) >= 11 is 0. The van der Waals surface area contributed by atoms with Crippen molar-refractivity contribution in [1.82, 2.24) is 4.31 Å². The average molecular weight is 208 g/mol. The second kappa shape index (κ2) is 3.60. The molecule has 7 heteroatoms. The molecule has 0 radical (unpaired) electrons. The van der Waals surface area contributed by atoms with E-state index in [1.54, 1.807) is 0 Å². The number of aliphatic carboxylic acids is 1. The van der Waals surface area contributed by atoms with E-state index in [-0.39, 0.29) is 12.6 Å². The third-order valence-corrected chi connectivity index (χ3v) is 3.62. The summed E-state index contributed by atoms with van der Waals surface area (Å²) in [4.78, 5) is 10.2. The van der Waals surface area contributed by atoms with Gasteiger partial charge in [0.15, 0.2) is 5.75 Å². The van der Waals surface area contributed by atoms with Crippen molar-refractivity contribution in [1.29, 1.82) is 0 Å². The van der Waals surface area contributed by atoms with Gasteiger partial charge in [-0.3, -0.25) is 4.79 Å². The lowest BCUT2D eigenvalue weighted by Crippen LogP contribution is -2.35. The molecule has 0 saturated carbocycles. The summed E-state index contributed by atoms with van der Waals surface area (Å²) in [6.45, 7) is 0.562. The number of carboxylic acid groups (broad SMARTS) is 1. The standard InChI is InChI=1S/C6H12N2O4S/c7-5-1-2-8(3-5)13(11,12)4-6(9)10/h5H,1-4,7H2,(H,9,10)/t5-/m1/s1. The normalized spacial score (nSPS) is 24.8. The zero-order valence-corrected chi connectivity index (χ0v) is 7.83. The Morgan fingerprint density at radius 3 is 2.62 bits per heavy atom. The van der Waals surface area contributed by atoms with Crippen LogP contribution in [0.25, 0.3) is 0 Å². The Hall–Kier alpha value is -0.660. The molecule has 1 saturated heterocycles. The van der Waals surface area contributed by atoms with Gasteiger partial charge >= 0.3 is 5.97 Å². The lowest BCUT2D eigenvalue weighted by Gasteiger charge is -2.13. The molecule has 0 aromatic carbocycles. The summed E-state index contributed by atoms with van der Waals surface area (Å²) in [6, 6.07) is -0.163. The van der Waals surface area contributed by atoms with Crippen molar-refractivity contribution in [3.63, 3.8) is 0 Å². The van der Waals surface area contributed by atoms with Gasteiger partial charge in [0.2, 0.25) is 10.0 Å². The largest absolute Gasteiger partial charge is 0.480 e. The highest BCUT2D eigenvalue weighted by molar-refractivity contribution is 7.89. The number of carbonyl (C=O) groups is 1. The Balaban J connectivity index is 2.65. The maximum atomic E-state index is 11.3. The molecular weight excluding hydrogens is 196 g/mol. The Morgan fingerprint density at radius 1 is 1.62 bits per heavy atom. The van der Waals surface area contributed by atoms with Crippen LogP contribution in [0, 0.1) is 0 Å². The summed E-state index contributed by atoms with van der Waals surface area (Å²) in [7, 11) is -3.64. The van der Waals surface area contributed by atoms with Gasteiger partial charge in [0.25, 0.3) is 0 Å². The first-order valence-electron chi connectivity index (χ1n) is 3.87. The van der Waals surface area contributed by atoms with Crippen molar-refractivity contribution in [2.24, 2.45) is 5.73 Å². The van der Waals surface area contributed by atoms with Crippen molar-refractivity contribution in [3.05, 3.63) is 0 Å². The molecule has 0 aliphatic carbocycles. The molecule has 13 heavy (non-hydrogen) atoms. The van der Waals surface area contributed by atoms with Gasteiger partial charge in [-0.05, 0) is 6.42 Å². The minimum Gasteiger partial charge on any atom is -0.480 e. The predicted octanol–water partition coefficient (Wildman–Crippen LogP) is -1.57. The van der Waals surface area contributed by atoms with Crippen LogP contribution in [0.3, 0.4) is 0 Å². The first kappa shape index (κ1) is 10.4. The average Bonchev–Trinajstić information content (AvgIpc) is 2.32. The summed E-state index contributed by atoms with van der Waals surface area (Å²) in [5, 5.41) is 8.34. The van der Waals surface area contributed by atoms with Gasteiger partial charge in [0, 0.05) is 19.1 Å². The molecule has 3 N–H and O–H groups in total. The lowest BCUT2D eigenvalue weighted by atomic mass is 10.3. The molecule has 6 nitrogen and oxygen atoms in total. The molecular formula is C6H12N2O4S. The third-order valence-electron chi connectivity index (χ3n) is 1.89. The highest BCUT2D eigenvalue weighted by Crippen LogP contribution is 2.12. The highest BCUT2D eigenvalue weighted by Gasteiger charge is 2.30. The van der Waals surface area contributed by atoms with Crippen LogP contribution in [0.4, 0.5) is 0 Å². The van der Waals surface area contributed by atoms with Gasteiger partial charge in [-0.25, -0.2) is 8.42 Å². The highest BCUT2D eigenvalue weighted by atomic mass is 32.2. The maximum absolute atomic E-state index is 11.3. The van der Waals surface area contributed by atoms with E-state index in [9.17, 15) is 13.2 Å². The van der Waals surface area contributed by atoms with E-state index < -0.39 is 21.7 Å². The van der Waals surface area contributed by atoms with E-state index in [2.05, 4.69) is 0 Å². The third kappa shape index (κ3) is 2.64. The summed E-state index contributed by atoms with van der Waals surface area (Å²) in [5.74, 6) is -2.18. The maximum Gasteiger partial charge on any atom is 0.320 e. The second-order valence-corrected chi connectivity index (χ2v) is 5.03. The first-order chi connectivity index (χ1) is 5.92. The Labute approximate surface area is 76.4 Å². The lowest BCUT2D eigenvalue weighted by molar-refractivity contribution is -0.134. The number of hydrogen-bond donors (Lipinski definition) is 2. The van der Waals surface area contributed by atoms with Crippen molar-refractivity contribution in [2.75, 3.05) is 18.8 Å². The Morgan fingerprint density at radius 2 is 2.23 bits per heavy atom. The predicted molar refractivity (Wildman–Crippen MR) is 45.6 cm³/mol. The van der Waals surface area contributed by atoms with Gasteiger partial charge < -0.3 is 10.8 Å². The van der Waals surface area contributed by atoms with Crippen molar-refractivity contribution in [3.8, 4) is 0 Å². The molecule has 0 amide bonds. The number of carboxylic acids is 1. The Bertz CT molecular complexity index is 300. The molecule has 1 atom stereocenters. The molecule has 76 valence electrons. The van der Waals surface area contributed by atoms with Crippen LogP contribution in [0.2, 0.25) is 0 Å². The second-order valence-electron chi connectivity index (χ2n) is 3.06. The van der Waals surface area contributed by atoms with Crippen LogP contribution < -0.4 is 5.73 Å². The number of sulfonamides is 1. The molecule has 0 aromatic rings. The minimum absolute atomic E-state index is 0.163. The summed E-state index contributed by atoms with van der Waals surface area (Å²) in [5.41, 5.74) is 5.50. The van der Waals surface area contributed by atoms with Crippen LogP contribution in [0.15, 0.2) is 0 Å². The van der Waals surface area contributed by atoms with E-state index in [1.165, 1.54) is 0 Å². The molecule has 0 unspecified atom stereocenters. The van der Waals surface area contributed by atoms with E-state index in [0.29, 0.717) is 13.0 Å². The topological polar surface area (TPSA) is 101 Å². The fourth-order valence-corrected chi connectivity index (χ4v) is 2.55. The molecule has 1 aliphatic rings. The Kier molecular flexibility index (Phi) is 2.89. The molecule has 0 bridgehead atoms. The van der Waals surface area contributed by atoms with Crippen LogP contribution in [0.5, 0.6) is 0 Å². The molecule has 1 heterocycles. The monoisotopic (exact) mass is 208 g/mol. The first-order valence-corrected chi connectivity index (χ1v) is 5.48. The molecule has 0 aromatic heterocycles. The van der Waals surface area contributed by atoms with E-state index >= 15 is 0 Å². The zero-order chi connectivity index (χ0) is 10.1. The van der Waals surface area contributed by atoms with E-state index in [1.807, 2.05) is 0 Å². The SMILES string of the molecule is N[C@@H]1CCN(S(=O)(=O)CC(=O)O)C1. The van der Waals surface area contributed by atoms with Gasteiger partial charge in [-0.15, -0.1) is 0 Å². The van der Waals surface area contributed by atoms with Crippen LogP contribution in [0.1, 0.15) is 6.42 Å². The smallest absolute Gasteiger partial charge is 0.320 e. The number of rotatable bonds is 3.